The van der Waals surface area contributed by atoms with Crippen molar-refractivity contribution >= 4 is 73.6 Å². The number of carbonyl (C=O) groups is 3. The molecule has 3 amide bonds. The van der Waals surface area contributed by atoms with E-state index in [9.17, 15) is 14.4 Å². The number of hydrogen-bond acceptors (Lipinski definition) is 8. The minimum Gasteiger partial charge on any atom is -0.497 e. The van der Waals surface area contributed by atoms with Gasteiger partial charge in [0.1, 0.15) is 11.4 Å². The van der Waals surface area contributed by atoms with Crippen molar-refractivity contribution < 1.29 is 19.1 Å². The molecule has 46 heavy (non-hydrogen) atoms. The van der Waals surface area contributed by atoms with E-state index in [4.69, 9.17) is 4.74 Å². The Morgan fingerprint density at radius 3 is 2.30 bits per heavy atom. The van der Waals surface area contributed by atoms with Crippen LogP contribution >= 0.6 is 23.1 Å². The lowest BCUT2D eigenvalue weighted by molar-refractivity contribution is -0.115. The average molecular weight is 652 g/mol. The molecule has 1 heterocycles. The fourth-order valence-corrected chi connectivity index (χ4v) is 6.11. The average Bonchev–Trinajstić information content (AvgIpc) is 3.47. The van der Waals surface area contributed by atoms with Gasteiger partial charge in [-0.05, 0) is 85.3 Å². The largest absolute Gasteiger partial charge is 0.497 e. The first-order valence-corrected chi connectivity index (χ1v) is 16.1. The third kappa shape index (κ3) is 8.32. The monoisotopic (exact) mass is 651 g/mol. The molecule has 4 aromatic carbocycles. The zero-order valence-electron chi connectivity index (χ0n) is 25.7. The molecule has 5 aromatic rings. The lowest BCUT2D eigenvalue weighted by Gasteiger charge is -2.14. The van der Waals surface area contributed by atoms with Gasteiger partial charge in [-0.25, -0.2) is 4.98 Å². The Morgan fingerprint density at radius 2 is 1.63 bits per heavy atom. The maximum absolute atomic E-state index is 13.4. The zero-order valence-corrected chi connectivity index (χ0v) is 27.4. The van der Waals surface area contributed by atoms with Crippen LogP contribution in [0.15, 0.2) is 108 Å². The summed E-state index contributed by atoms with van der Waals surface area (Å²) in [4.78, 5) is 46.6. The molecule has 0 aliphatic heterocycles. The van der Waals surface area contributed by atoms with Crippen molar-refractivity contribution in [2.45, 2.75) is 17.1 Å². The smallest absolute Gasteiger partial charge is 0.272 e. The lowest BCUT2D eigenvalue weighted by Crippen LogP contribution is -2.30. The number of rotatable bonds is 11. The minimum absolute atomic E-state index is 0.100. The number of carbonyl (C=O) groups excluding carboxylic acids is 3. The Bertz CT molecular complexity index is 1870. The van der Waals surface area contributed by atoms with Crippen LogP contribution in [0, 0.1) is 0 Å². The second-order valence-electron chi connectivity index (χ2n) is 10.4. The molecule has 0 saturated heterocycles. The molecular weight excluding hydrogens is 619 g/mol. The van der Waals surface area contributed by atoms with Crippen LogP contribution in [0.1, 0.15) is 22.8 Å². The maximum Gasteiger partial charge on any atom is 0.272 e. The van der Waals surface area contributed by atoms with Gasteiger partial charge in [0.25, 0.3) is 11.8 Å². The fraction of sp³-hybridized carbons (Fsp3) is 0.143. The number of thioether (sulfide) groups is 1. The predicted molar refractivity (Wildman–Crippen MR) is 188 cm³/mol. The van der Waals surface area contributed by atoms with E-state index in [-0.39, 0.29) is 11.6 Å². The lowest BCUT2D eigenvalue weighted by atomic mass is 10.1. The molecule has 3 N–H and O–H groups in total. The number of nitrogens with one attached hydrogen (secondary N) is 3. The maximum atomic E-state index is 13.4. The van der Waals surface area contributed by atoms with E-state index in [1.54, 1.807) is 49.6 Å². The van der Waals surface area contributed by atoms with Crippen LogP contribution in [0.3, 0.4) is 0 Å². The van der Waals surface area contributed by atoms with Crippen molar-refractivity contribution in [3.8, 4) is 5.75 Å². The first kappa shape index (κ1) is 32.3. The van der Waals surface area contributed by atoms with Gasteiger partial charge in [-0.15, -0.1) is 11.8 Å². The first-order valence-electron chi connectivity index (χ1n) is 14.4. The zero-order chi connectivity index (χ0) is 32.6. The fourth-order valence-electron chi connectivity index (χ4n) is 4.34. The van der Waals surface area contributed by atoms with Crippen molar-refractivity contribution in [1.29, 1.82) is 0 Å². The van der Waals surface area contributed by atoms with Gasteiger partial charge in [-0.2, -0.15) is 0 Å². The van der Waals surface area contributed by atoms with E-state index in [2.05, 4.69) is 20.9 Å². The van der Waals surface area contributed by atoms with Crippen molar-refractivity contribution in [2.75, 3.05) is 36.7 Å². The van der Waals surface area contributed by atoms with E-state index in [1.807, 2.05) is 86.6 Å². The number of benzene rings is 4. The van der Waals surface area contributed by atoms with Gasteiger partial charge >= 0.3 is 0 Å². The molecule has 0 aliphatic carbocycles. The van der Waals surface area contributed by atoms with Crippen LogP contribution in [0.5, 0.6) is 5.75 Å². The summed E-state index contributed by atoms with van der Waals surface area (Å²) < 4.78 is 6.19. The number of anilines is 3. The second kappa shape index (κ2) is 14.8. The number of aromatic nitrogens is 1. The molecule has 5 rings (SSSR count). The first-order chi connectivity index (χ1) is 22.2. The van der Waals surface area contributed by atoms with Gasteiger partial charge in [-0.3, -0.25) is 14.4 Å². The summed E-state index contributed by atoms with van der Waals surface area (Å²) in [7, 11) is 5.51. The summed E-state index contributed by atoms with van der Waals surface area (Å²) in [6.07, 6.45) is 1.64. The molecule has 0 bridgehead atoms. The minimum atomic E-state index is -0.470. The molecule has 1 atom stereocenters. The number of hydrogen-bond donors (Lipinski definition) is 3. The predicted octanol–water partition coefficient (Wildman–Crippen LogP) is 6.90. The van der Waals surface area contributed by atoms with Crippen molar-refractivity contribution in [1.82, 2.24) is 10.3 Å². The SMILES string of the molecule is COc1ccc2nc(NC(=O)C(C)Sc3ccc(NC(=O)/C(=C/c4ccc(N(C)C)cc4)NC(=O)c4ccccc4)cc3)sc2c1. The van der Waals surface area contributed by atoms with Crippen LogP contribution in [-0.4, -0.2) is 49.2 Å². The standard InChI is InChI=1S/C35H33N5O4S2/c1-22(32(41)39-35-38-29-19-16-27(44-4)21-31(29)46-35)45-28-17-12-25(13-18-28)36-34(43)30(37-33(42)24-8-6-5-7-9-24)20-23-10-14-26(15-11-23)40(2)3/h5-22H,1-4H3,(H,36,43)(H,37,42)(H,38,39,41)/b30-20-. The van der Waals surface area contributed by atoms with E-state index in [0.29, 0.717) is 16.4 Å². The van der Waals surface area contributed by atoms with Gasteiger partial charge in [-0.1, -0.05) is 41.7 Å². The van der Waals surface area contributed by atoms with Crippen LogP contribution in [0.25, 0.3) is 16.3 Å². The molecular formula is C35H33N5O4S2. The van der Waals surface area contributed by atoms with Crippen molar-refractivity contribution in [3.63, 3.8) is 0 Å². The summed E-state index contributed by atoms with van der Waals surface area (Å²) in [5.74, 6) is -0.299. The Labute approximate surface area is 275 Å². The highest BCUT2D eigenvalue weighted by atomic mass is 32.2. The van der Waals surface area contributed by atoms with E-state index in [0.717, 1.165) is 32.1 Å². The third-order valence-corrected chi connectivity index (χ3v) is 8.91. The molecule has 234 valence electrons. The Kier molecular flexibility index (Phi) is 10.4. The van der Waals surface area contributed by atoms with Crippen molar-refractivity contribution in [3.05, 3.63) is 114 Å². The molecule has 11 heteroatoms. The topological polar surface area (TPSA) is 113 Å². The molecule has 0 radical (unpaired) electrons. The molecule has 0 saturated carbocycles. The highest BCUT2D eigenvalue weighted by molar-refractivity contribution is 8.00. The molecule has 1 aromatic heterocycles. The number of fused-ring (bicyclic) bond motifs is 1. The number of thiazole rings is 1. The summed E-state index contributed by atoms with van der Waals surface area (Å²) >= 11 is 2.78. The van der Waals surface area contributed by atoms with Crippen molar-refractivity contribution in [2.24, 2.45) is 0 Å². The van der Waals surface area contributed by atoms with Gasteiger partial charge < -0.3 is 25.6 Å². The van der Waals surface area contributed by atoms with Gasteiger partial charge in [0.15, 0.2) is 5.13 Å². The van der Waals surface area contributed by atoms with Gasteiger partial charge in [0.2, 0.25) is 5.91 Å². The van der Waals surface area contributed by atoms with Crippen LogP contribution in [0.4, 0.5) is 16.5 Å². The van der Waals surface area contributed by atoms with Gasteiger partial charge in [0.05, 0.1) is 22.6 Å². The van der Waals surface area contributed by atoms with Crippen LogP contribution in [0.2, 0.25) is 0 Å². The van der Waals surface area contributed by atoms with Gasteiger partial charge in [0, 0.05) is 35.9 Å². The summed E-state index contributed by atoms with van der Waals surface area (Å²) in [5.41, 5.74) is 3.64. The molecule has 9 nitrogen and oxygen atoms in total. The quantitative estimate of drug-likeness (QED) is 0.105. The Balaban J connectivity index is 1.24. The highest BCUT2D eigenvalue weighted by Gasteiger charge is 2.18. The van der Waals surface area contributed by atoms with E-state index >= 15 is 0 Å². The van der Waals surface area contributed by atoms with E-state index in [1.165, 1.54) is 23.1 Å². The summed E-state index contributed by atoms with van der Waals surface area (Å²) in [5, 5.41) is 8.66. The number of methoxy groups -OCH3 is 1. The normalized spacial score (nSPS) is 11.9. The third-order valence-electron chi connectivity index (χ3n) is 6.87. The molecule has 0 aliphatic rings. The summed E-state index contributed by atoms with van der Waals surface area (Å²) in [6.45, 7) is 1.82. The van der Waals surface area contributed by atoms with Crippen LogP contribution < -0.4 is 25.6 Å². The highest BCUT2D eigenvalue weighted by Crippen LogP contribution is 2.31. The molecule has 0 spiro atoms. The van der Waals surface area contributed by atoms with E-state index < -0.39 is 17.1 Å². The Hall–Kier alpha value is -5.13. The second-order valence-corrected chi connectivity index (χ2v) is 12.9. The molecule has 0 fully saturated rings. The Morgan fingerprint density at radius 1 is 0.913 bits per heavy atom. The number of amides is 3. The number of nitrogens with zero attached hydrogens (tertiary/aromatic N) is 2. The van der Waals surface area contributed by atoms with Crippen LogP contribution in [-0.2, 0) is 9.59 Å². The summed E-state index contributed by atoms with van der Waals surface area (Å²) in [6, 6.07) is 29.1. The molecule has 1 unspecified atom stereocenters. The number of ether oxygens (including phenoxy) is 1.